The molecule has 194 valence electrons. The van der Waals surface area contributed by atoms with Crippen LogP contribution >= 0.6 is 0 Å². The number of nitrogens with zero attached hydrogens (tertiary/aromatic N) is 7. The Morgan fingerprint density at radius 1 is 1.14 bits per heavy atom. The van der Waals surface area contributed by atoms with Gasteiger partial charge in [0.05, 0.1) is 25.0 Å². The molecular formula is C25H30N8O3S. The van der Waals surface area contributed by atoms with E-state index in [9.17, 15) is 8.42 Å². The Morgan fingerprint density at radius 3 is 2.70 bits per heavy atom. The van der Waals surface area contributed by atoms with Gasteiger partial charge in [-0.25, -0.2) is 28.4 Å². The summed E-state index contributed by atoms with van der Waals surface area (Å²) in [5.41, 5.74) is 2.44. The number of ether oxygens (including phenoxy) is 1. The second-order valence-corrected chi connectivity index (χ2v) is 10.9. The molecule has 1 aliphatic rings. The molecule has 0 saturated carbocycles. The van der Waals surface area contributed by atoms with Crippen molar-refractivity contribution < 1.29 is 13.2 Å². The minimum Gasteiger partial charge on any atom is -0.365 e. The van der Waals surface area contributed by atoms with Crippen LogP contribution in [0.1, 0.15) is 5.56 Å². The van der Waals surface area contributed by atoms with E-state index in [1.807, 2.05) is 64.4 Å². The fraction of sp³-hybridized carbons (Fsp3) is 0.320. The van der Waals surface area contributed by atoms with Crippen LogP contribution in [-0.4, -0.2) is 79.2 Å². The first-order valence-corrected chi connectivity index (χ1v) is 13.8. The van der Waals surface area contributed by atoms with Crippen molar-refractivity contribution in [1.82, 2.24) is 29.8 Å². The average Bonchev–Trinajstić information content (AvgIpc) is 3.31. The molecule has 1 N–H and O–H groups in total. The Hall–Kier alpha value is -3.58. The molecule has 4 heterocycles. The van der Waals surface area contributed by atoms with Gasteiger partial charge in [-0.3, -0.25) is 9.62 Å². The molecule has 0 amide bonds. The fourth-order valence-corrected chi connectivity index (χ4v) is 4.86. The van der Waals surface area contributed by atoms with Gasteiger partial charge < -0.3 is 9.30 Å². The lowest BCUT2D eigenvalue weighted by Gasteiger charge is -2.40. The van der Waals surface area contributed by atoms with Crippen LogP contribution in [-0.2, 0) is 21.3 Å². The molecule has 11 nitrogen and oxygen atoms in total. The lowest BCUT2D eigenvalue weighted by Crippen LogP contribution is -2.56. The Balaban J connectivity index is 1.54. The molecule has 1 unspecified atom stereocenters. The molecule has 1 fully saturated rings. The van der Waals surface area contributed by atoms with E-state index in [2.05, 4.69) is 15.3 Å². The summed E-state index contributed by atoms with van der Waals surface area (Å²) in [6.45, 7) is 2.55. The summed E-state index contributed by atoms with van der Waals surface area (Å²) in [5, 5.41) is 8.44. The molecule has 1 aromatic carbocycles. The topological polar surface area (TPSA) is 109 Å². The van der Waals surface area contributed by atoms with Crippen molar-refractivity contribution >= 4 is 38.5 Å². The molecule has 3 aromatic heterocycles. The van der Waals surface area contributed by atoms with Crippen molar-refractivity contribution in [3.05, 3.63) is 72.7 Å². The van der Waals surface area contributed by atoms with Gasteiger partial charge in [-0.15, -0.1) is 0 Å². The maximum atomic E-state index is 12.2. The van der Waals surface area contributed by atoms with Gasteiger partial charge in [0.2, 0.25) is 16.0 Å². The van der Waals surface area contributed by atoms with Gasteiger partial charge in [0.15, 0.2) is 0 Å². The maximum absolute atomic E-state index is 12.2. The first kappa shape index (κ1) is 25.1. The number of anilines is 3. The van der Waals surface area contributed by atoms with Crippen molar-refractivity contribution in [3.8, 4) is 0 Å². The number of piperazine rings is 1. The summed E-state index contributed by atoms with van der Waals surface area (Å²) >= 11 is 0. The summed E-state index contributed by atoms with van der Waals surface area (Å²) in [4.78, 5) is 14.0. The summed E-state index contributed by atoms with van der Waals surface area (Å²) in [5.74, 6) is 0.925. The van der Waals surface area contributed by atoms with Crippen LogP contribution in [0.4, 0.5) is 17.5 Å². The highest BCUT2D eigenvalue weighted by Gasteiger charge is 2.27. The van der Waals surface area contributed by atoms with Crippen LogP contribution in [0.2, 0.25) is 0 Å². The van der Waals surface area contributed by atoms with E-state index in [1.54, 1.807) is 19.4 Å². The molecule has 1 atom stereocenters. The minimum absolute atomic E-state index is 0.108. The number of rotatable bonds is 8. The van der Waals surface area contributed by atoms with Crippen molar-refractivity contribution in [2.45, 2.75) is 12.8 Å². The summed E-state index contributed by atoms with van der Waals surface area (Å²) in [7, 11) is -0.260. The smallest absolute Gasteiger partial charge is 0.247 e. The van der Waals surface area contributed by atoms with Gasteiger partial charge >= 0.3 is 0 Å². The zero-order valence-electron chi connectivity index (χ0n) is 21.0. The number of fused-ring (bicyclic) bond motifs is 1. The number of pyridine rings is 1. The number of benzene rings is 1. The zero-order valence-corrected chi connectivity index (χ0v) is 21.8. The number of hydrogen-bond acceptors (Lipinski definition) is 9. The largest absolute Gasteiger partial charge is 0.365 e. The molecule has 0 aliphatic carbocycles. The van der Waals surface area contributed by atoms with Crippen LogP contribution in [0, 0.1) is 0 Å². The van der Waals surface area contributed by atoms with Crippen LogP contribution in [0.3, 0.4) is 0 Å². The van der Waals surface area contributed by atoms with E-state index in [1.165, 1.54) is 17.6 Å². The highest BCUT2D eigenvalue weighted by atomic mass is 32.2. The summed E-state index contributed by atoms with van der Waals surface area (Å²) in [6.07, 6.45) is 6.39. The molecule has 5 rings (SSSR count). The minimum atomic E-state index is -3.46. The number of aromatic nitrogens is 4. The highest BCUT2D eigenvalue weighted by molar-refractivity contribution is 7.92. The van der Waals surface area contributed by atoms with Crippen LogP contribution in [0.5, 0.6) is 0 Å². The Bertz CT molecular complexity index is 1480. The molecule has 37 heavy (non-hydrogen) atoms. The highest BCUT2D eigenvalue weighted by Crippen LogP contribution is 2.28. The molecule has 12 heteroatoms. The third-order valence-electron chi connectivity index (χ3n) is 6.37. The third kappa shape index (κ3) is 5.27. The van der Waals surface area contributed by atoms with E-state index in [0.717, 1.165) is 35.4 Å². The van der Waals surface area contributed by atoms with Crippen molar-refractivity contribution in [2.24, 2.45) is 0 Å². The van der Waals surface area contributed by atoms with E-state index < -0.39 is 10.0 Å². The Morgan fingerprint density at radius 2 is 1.95 bits per heavy atom. The van der Waals surface area contributed by atoms with E-state index in [0.29, 0.717) is 24.9 Å². The van der Waals surface area contributed by atoms with Crippen LogP contribution in [0.15, 0.2) is 67.1 Å². The summed E-state index contributed by atoms with van der Waals surface area (Å²) in [6, 6.07) is 15.6. The maximum Gasteiger partial charge on any atom is 0.247 e. The molecule has 1 aliphatic heterocycles. The zero-order chi connectivity index (χ0) is 26.0. The van der Waals surface area contributed by atoms with Crippen molar-refractivity contribution in [1.29, 1.82) is 0 Å². The average molecular weight is 523 g/mol. The van der Waals surface area contributed by atoms with Gasteiger partial charge in [-0.2, -0.15) is 4.98 Å². The van der Waals surface area contributed by atoms with Crippen LogP contribution in [0.25, 0.3) is 11.0 Å². The monoisotopic (exact) mass is 522 g/mol. The van der Waals surface area contributed by atoms with Gasteiger partial charge in [0.1, 0.15) is 17.7 Å². The molecule has 0 bridgehead atoms. The standard InChI is InChI=1S/C25H30N8O3S/c1-30(37(3,34)35)23-20(8-7-12-27-23)17-31-14-11-19-16-28-25(29-24(19)31)33(21-9-5-4-6-10-21)32-15-13-26-22(18-32)36-2/h4-12,14,16,22,26H,13,15,17-18H2,1-3H3. The van der Waals surface area contributed by atoms with E-state index in [4.69, 9.17) is 14.7 Å². The van der Waals surface area contributed by atoms with Gasteiger partial charge in [0, 0.05) is 56.8 Å². The summed E-state index contributed by atoms with van der Waals surface area (Å²) < 4.78 is 33.1. The lowest BCUT2D eigenvalue weighted by atomic mass is 10.2. The number of para-hydroxylation sites is 1. The number of methoxy groups -OCH3 is 1. The number of nitrogens with one attached hydrogen (secondary N) is 1. The molecule has 0 radical (unpaired) electrons. The molecule has 4 aromatic rings. The Kier molecular flexibility index (Phi) is 7.07. The predicted molar refractivity (Wildman–Crippen MR) is 143 cm³/mol. The quantitative estimate of drug-likeness (QED) is 0.372. The molecular weight excluding hydrogens is 492 g/mol. The number of hydrogen-bond donors (Lipinski definition) is 1. The second-order valence-electron chi connectivity index (χ2n) is 8.85. The SMILES string of the molecule is COC1CN(N(c2ccccc2)c2ncc3ccn(Cc4cccnc4N(C)S(C)(=O)=O)c3n2)CCN1. The number of sulfonamides is 1. The van der Waals surface area contributed by atoms with E-state index >= 15 is 0 Å². The van der Waals surface area contributed by atoms with Crippen molar-refractivity contribution in [2.75, 3.05) is 49.4 Å². The fourth-order valence-electron chi connectivity index (χ4n) is 4.38. The second kappa shape index (κ2) is 10.4. The van der Waals surface area contributed by atoms with Gasteiger partial charge in [-0.05, 0) is 24.3 Å². The predicted octanol–water partition coefficient (Wildman–Crippen LogP) is 2.20. The normalized spacial score (nSPS) is 16.7. The van der Waals surface area contributed by atoms with Gasteiger partial charge in [-0.1, -0.05) is 24.3 Å². The third-order valence-corrected chi connectivity index (χ3v) is 7.54. The molecule has 1 saturated heterocycles. The van der Waals surface area contributed by atoms with Crippen LogP contribution < -0.4 is 14.6 Å². The van der Waals surface area contributed by atoms with E-state index in [-0.39, 0.29) is 6.23 Å². The van der Waals surface area contributed by atoms with Gasteiger partial charge in [0.25, 0.3) is 0 Å². The Labute approximate surface area is 216 Å². The van der Waals surface area contributed by atoms with Crippen molar-refractivity contribution in [3.63, 3.8) is 0 Å². The number of hydrazine groups is 1. The molecule has 0 spiro atoms. The first-order valence-electron chi connectivity index (χ1n) is 11.9. The lowest BCUT2D eigenvalue weighted by molar-refractivity contribution is 0.0157. The first-order chi connectivity index (χ1) is 17.8.